The average molecular weight is 290 g/mol. The summed E-state index contributed by atoms with van der Waals surface area (Å²) in [6, 6.07) is 6.67. The Hall–Kier alpha value is -2.30. The second-order valence-electron chi connectivity index (χ2n) is 4.74. The molecule has 0 aliphatic heterocycles. The Labute approximate surface area is 122 Å². The van der Waals surface area contributed by atoms with Gasteiger partial charge in [-0.3, -0.25) is 9.78 Å². The number of carbonyl (C=O) groups excluding carboxylic acids is 1. The molecular formula is C16H16F2N2O. The number of aryl methyl sites for hydroxylation is 1. The monoisotopic (exact) mass is 290 g/mol. The van der Waals surface area contributed by atoms with Gasteiger partial charge in [0.15, 0.2) is 11.6 Å². The van der Waals surface area contributed by atoms with Gasteiger partial charge < -0.3 is 5.32 Å². The van der Waals surface area contributed by atoms with Gasteiger partial charge in [0.2, 0.25) is 0 Å². The maximum absolute atomic E-state index is 13.1. The number of benzene rings is 1. The van der Waals surface area contributed by atoms with E-state index in [2.05, 4.69) is 17.2 Å². The Bertz CT molecular complexity index is 627. The SMILES string of the molecule is CCCCc1ccc(C(=O)Nc2ccc(F)c(F)c2)nc1. The van der Waals surface area contributed by atoms with Crippen LogP contribution >= 0.6 is 0 Å². The van der Waals surface area contributed by atoms with Gasteiger partial charge in [0, 0.05) is 18.0 Å². The van der Waals surface area contributed by atoms with Crippen LogP contribution in [-0.4, -0.2) is 10.9 Å². The summed E-state index contributed by atoms with van der Waals surface area (Å²) < 4.78 is 25.9. The third kappa shape index (κ3) is 4.08. The molecule has 0 fully saturated rings. The molecule has 5 heteroatoms. The lowest BCUT2D eigenvalue weighted by Crippen LogP contribution is -2.14. The fourth-order valence-corrected chi connectivity index (χ4v) is 1.86. The first-order valence-corrected chi connectivity index (χ1v) is 6.81. The van der Waals surface area contributed by atoms with Crippen molar-refractivity contribution in [3.63, 3.8) is 0 Å². The molecule has 0 aliphatic carbocycles. The summed E-state index contributed by atoms with van der Waals surface area (Å²) in [5.41, 5.74) is 1.50. The lowest BCUT2D eigenvalue weighted by molar-refractivity contribution is 0.102. The largest absolute Gasteiger partial charge is 0.321 e. The highest BCUT2D eigenvalue weighted by Gasteiger charge is 2.09. The van der Waals surface area contributed by atoms with Crippen LogP contribution < -0.4 is 5.32 Å². The number of pyridine rings is 1. The molecule has 110 valence electrons. The Morgan fingerprint density at radius 1 is 1.19 bits per heavy atom. The zero-order valence-corrected chi connectivity index (χ0v) is 11.7. The number of hydrogen-bond donors (Lipinski definition) is 1. The average Bonchev–Trinajstić information content (AvgIpc) is 2.49. The lowest BCUT2D eigenvalue weighted by atomic mass is 10.1. The number of unbranched alkanes of at least 4 members (excludes halogenated alkanes) is 1. The van der Waals surface area contributed by atoms with Gasteiger partial charge in [0.25, 0.3) is 5.91 Å². The zero-order valence-electron chi connectivity index (χ0n) is 11.7. The summed E-state index contributed by atoms with van der Waals surface area (Å²) >= 11 is 0. The lowest BCUT2D eigenvalue weighted by Gasteiger charge is -2.06. The molecule has 2 aromatic rings. The van der Waals surface area contributed by atoms with Gasteiger partial charge in [0.05, 0.1) is 0 Å². The van der Waals surface area contributed by atoms with E-state index in [1.54, 1.807) is 12.3 Å². The van der Waals surface area contributed by atoms with Crippen LogP contribution in [0.15, 0.2) is 36.5 Å². The van der Waals surface area contributed by atoms with E-state index in [1.807, 2.05) is 6.07 Å². The normalized spacial score (nSPS) is 10.4. The number of rotatable bonds is 5. The molecular weight excluding hydrogens is 274 g/mol. The number of nitrogens with zero attached hydrogens (tertiary/aromatic N) is 1. The van der Waals surface area contributed by atoms with Crippen LogP contribution in [0.4, 0.5) is 14.5 Å². The van der Waals surface area contributed by atoms with E-state index < -0.39 is 17.5 Å². The highest BCUT2D eigenvalue weighted by atomic mass is 19.2. The van der Waals surface area contributed by atoms with Crippen molar-refractivity contribution in [2.45, 2.75) is 26.2 Å². The van der Waals surface area contributed by atoms with Gasteiger partial charge in [-0.25, -0.2) is 8.78 Å². The van der Waals surface area contributed by atoms with E-state index in [1.165, 1.54) is 6.07 Å². The molecule has 0 saturated carbocycles. The molecule has 3 nitrogen and oxygen atoms in total. The molecule has 0 spiro atoms. The molecule has 21 heavy (non-hydrogen) atoms. The molecule has 0 bridgehead atoms. The Morgan fingerprint density at radius 3 is 2.62 bits per heavy atom. The predicted molar refractivity (Wildman–Crippen MR) is 77.2 cm³/mol. The second kappa shape index (κ2) is 6.92. The topological polar surface area (TPSA) is 42.0 Å². The number of aromatic nitrogens is 1. The third-order valence-corrected chi connectivity index (χ3v) is 3.05. The summed E-state index contributed by atoms with van der Waals surface area (Å²) in [5.74, 6) is -2.41. The van der Waals surface area contributed by atoms with E-state index in [9.17, 15) is 13.6 Å². The minimum Gasteiger partial charge on any atom is -0.321 e. The first-order chi connectivity index (χ1) is 10.1. The van der Waals surface area contributed by atoms with Crippen molar-refractivity contribution >= 4 is 11.6 Å². The third-order valence-electron chi connectivity index (χ3n) is 3.05. The smallest absolute Gasteiger partial charge is 0.274 e. The van der Waals surface area contributed by atoms with E-state index in [0.29, 0.717) is 0 Å². The summed E-state index contributed by atoms with van der Waals surface area (Å²) in [7, 11) is 0. The molecule has 0 saturated heterocycles. The van der Waals surface area contributed by atoms with Gasteiger partial charge in [-0.15, -0.1) is 0 Å². The summed E-state index contributed by atoms with van der Waals surface area (Å²) in [6.45, 7) is 2.11. The number of hydrogen-bond acceptors (Lipinski definition) is 2. The van der Waals surface area contributed by atoms with Gasteiger partial charge in [0.1, 0.15) is 5.69 Å². The molecule has 1 N–H and O–H groups in total. The van der Waals surface area contributed by atoms with Gasteiger partial charge in [-0.2, -0.15) is 0 Å². The molecule has 1 heterocycles. The minimum atomic E-state index is -1.00. The van der Waals surface area contributed by atoms with E-state index in [-0.39, 0.29) is 11.4 Å². The van der Waals surface area contributed by atoms with Crippen LogP contribution in [0.3, 0.4) is 0 Å². The van der Waals surface area contributed by atoms with Crippen molar-refractivity contribution in [1.82, 2.24) is 4.98 Å². The van der Waals surface area contributed by atoms with Crippen molar-refractivity contribution in [2.75, 3.05) is 5.32 Å². The molecule has 0 atom stereocenters. The van der Waals surface area contributed by atoms with Crippen LogP contribution in [0.1, 0.15) is 35.8 Å². The highest BCUT2D eigenvalue weighted by molar-refractivity contribution is 6.02. The van der Waals surface area contributed by atoms with Gasteiger partial charge >= 0.3 is 0 Å². The Balaban J connectivity index is 2.04. The molecule has 0 aliphatic rings. The van der Waals surface area contributed by atoms with Crippen molar-refractivity contribution < 1.29 is 13.6 Å². The van der Waals surface area contributed by atoms with Crippen molar-refractivity contribution in [1.29, 1.82) is 0 Å². The fourth-order valence-electron chi connectivity index (χ4n) is 1.86. The first kappa shape index (κ1) is 15.1. The molecule has 1 aromatic carbocycles. The number of nitrogens with one attached hydrogen (secondary N) is 1. The standard InChI is InChI=1S/C16H16F2N2O/c1-2-3-4-11-5-8-15(19-10-11)16(21)20-12-6-7-13(17)14(18)9-12/h5-10H,2-4H2,1H3,(H,20,21). The number of anilines is 1. The zero-order chi connectivity index (χ0) is 15.2. The van der Waals surface area contributed by atoms with Crippen LogP contribution in [0.5, 0.6) is 0 Å². The Morgan fingerprint density at radius 2 is 2.00 bits per heavy atom. The molecule has 1 amide bonds. The molecule has 2 rings (SSSR count). The Kier molecular flexibility index (Phi) is 4.98. The van der Waals surface area contributed by atoms with Crippen molar-refractivity contribution in [3.05, 3.63) is 59.4 Å². The molecule has 0 radical (unpaired) electrons. The highest BCUT2D eigenvalue weighted by Crippen LogP contribution is 2.14. The fraction of sp³-hybridized carbons (Fsp3) is 0.250. The van der Waals surface area contributed by atoms with E-state index in [4.69, 9.17) is 0 Å². The van der Waals surface area contributed by atoms with E-state index >= 15 is 0 Å². The molecule has 0 unspecified atom stereocenters. The number of carbonyl (C=O) groups is 1. The van der Waals surface area contributed by atoms with Crippen LogP contribution in [-0.2, 0) is 6.42 Å². The quantitative estimate of drug-likeness (QED) is 0.905. The second-order valence-corrected chi connectivity index (χ2v) is 4.74. The predicted octanol–water partition coefficient (Wildman–Crippen LogP) is 3.95. The van der Waals surface area contributed by atoms with Crippen LogP contribution in [0.2, 0.25) is 0 Å². The number of amides is 1. The van der Waals surface area contributed by atoms with Crippen LogP contribution in [0, 0.1) is 11.6 Å². The summed E-state index contributed by atoms with van der Waals surface area (Å²) in [5, 5.41) is 2.48. The maximum Gasteiger partial charge on any atom is 0.274 e. The van der Waals surface area contributed by atoms with Gasteiger partial charge in [-0.05, 0) is 36.6 Å². The number of halogens is 2. The minimum absolute atomic E-state index is 0.191. The van der Waals surface area contributed by atoms with E-state index in [0.717, 1.165) is 37.0 Å². The van der Waals surface area contributed by atoms with Gasteiger partial charge in [-0.1, -0.05) is 19.4 Å². The maximum atomic E-state index is 13.1. The summed E-state index contributed by atoms with van der Waals surface area (Å²) in [6.07, 6.45) is 4.75. The van der Waals surface area contributed by atoms with Crippen LogP contribution in [0.25, 0.3) is 0 Å². The summed E-state index contributed by atoms with van der Waals surface area (Å²) in [4.78, 5) is 16.0. The molecule has 1 aromatic heterocycles. The van der Waals surface area contributed by atoms with Crippen molar-refractivity contribution in [3.8, 4) is 0 Å². The van der Waals surface area contributed by atoms with Crippen molar-refractivity contribution in [2.24, 2.45) is 0 Å². The first-order valence-electron chi connectivity index (χ1n) is 6.81.